The molecule has 3 rings (SSSR count). The number of halogens is 4. The van der Waals surface area contributed by atoms with Crippen LogP contribution in [0.25, 0.3) is 5.57 Å². The van der Waals surface area contributed by atoms with Crippen molar-refractivity contribution in [3.05, 3.63) is 96.4 Å². The number of hydrogen-bond acceptors (Lipinski definition) is 3. The first kappa shape index (κ1) is 28.4. The molecule has 1 saturated heterocycles. The van der Waals surface area contributed by atoms with Crippen LogP contribution in [0.15, 0.2) is 73.6 Å². The molecule has 8 heteroatoms. The van der Waals surface area contributed by atoms with Crippen molar-refractivity contribution < 1.29 is 21.8 Å². The summed E-state index contributed by atoms with van der Waals surface area (Å²) in [5.74, 6) is 0.726. The van der Waals surface area contributed by atoms with E-state index >= 15 is 4.39 Å². The Kier molecular flexibility index (Phi) is 10.8. The molecule has 0 saturated carbocycles. The van der Waals surface area contributed by atoms with Crippen LogP contribution in [-0.2, 0) is 17.3 Å². The predicted octanol–water partition coefficient (Wildman–Crippen LogP) is 6.76. The van der Waals surface area contributed by atoms with Crippen molar-refractivity contribution in [3.8, 4) is 0 Å². The van der Waals surface area contributed by atoms with Crippen LogP contribution in [0.4, 0.5) is 23.2 Å². The van der Waals surface area contributed by atoms with Gasteiger partial charge in [0, 0.05) is 46.6 Å². The van der Waals surface area contributed by atoms with Crippen LogP contribution in [0, 0.1) is 11.6 Å². The van der Waals surface area contributed by atoms with Crippen molar-refractivity contribution in [2.75, 3.05) is 29.5 Å². The molecule has 0 atom stereocenters. The Balaban J connectivity index is 0.00000210. The number of benzene rings is 2. The van der Waals surface area contributed by atoms with Crippen molar-refractivity contribution in [2.45, 2.75) is 33.2 Å². The Morgan fingerprint density at radius 2 is 1.63 bits per heavy atom. The van der Waals surface area contributed by atoms with E-state index in [1.807, 2.05) is 18.7 Å². The second kappa shape index (κ2) is 13.3. The highest BCUT2D eigenvalue weighted by Crippen LogP contribution is 2.28. The third-order valence-electron chi connectivity index (χ3n) is 5.53. The van der Waals surface area contributed by atoms with Gasteiger partial charge in [-0.1, -0.05) is 45.7 Å². The lowest BCUT2D eigenvalue weighted by atomic mass is 9.99. The van der Waals surface area contributed by atoms with Gasteiger partial charge < -0.3 is 9.80 Å². The summed E-state index contributed by atoms with van der Waals surface area (Å²) in [4.78, 5) is 3.76. The van der Waals surface area contributed by atoms with Crippen LogP contribution >= 0.6 is 0 Å². The zero-order chi connectivity index (χ0) is 26.1. The molecule has 2 aromatic carbocycles. The normalized spacial score (nSPS) is 13.7. The fraction of sp³-hybridized carbons (Fsp3) is 0.333. The Hall–Kier alpha value is -2.87. The molecule has 1 fully saturated rings. The molecule has 0 unspecified atom stereocenters. The van der Waals surface area contributed by atoms with Crippen molar-refractivity contribution in [1.29, 1.82) is 0 Å². The van der Waals surface area contributed by atoms with Crippen molar-refractivity contribution in [2.24, 2.45) is 0 Å². The first-order valence-corrected chi connectivity index (χ1v) is 12.9. The molecule has 190 valence electrons. The first-order valence-electron chi connectivity index (χ1n) is 11.4. The van der Waals surface area contributed by atoms with Gasteiger partial charge in [-0.25, -0.2) is 17.6 Å². The largest absolute Gasteiger partial charge is 0.357 e. The molecule has 0 amide bonds. The zero-order valence-corrected chi connectivity index (χ0v) is 21.0. The average Bonchev–Trinajstić information content (AvgIpc) is 2.85. The van der Waals surface area contributed by atoms with Gasteiger partial charge in [-0.15, -0.1) is 0 Å². The van der Waals surface area contributed by atoms with Gasteiger partial charge in [0.1, 0.15) is 17.5 Å². The van der Waals surface area contributed by atoms with Gasteiger partial charge in [0.15, 0.2) is 0 Å². The first-order chi connectivity index (χ1) is 16.7. The molecule has 0 spiro atoms. The lowest BCUT2D eigenvalue weighted by Gasteiger charge is -2.37. The molecule has 0 aromatic heterocycles. The predicted molar refractivity (Wildman–Crippen MR) is 138 cm³/mol. The molecule has 0 aliphatic carbocycles. The lowest BCUT2D eigenvalue weighted by molar-refractivity contribution is 0.188. The number of hydrogen-bond donors (Lipinski definition) is 0. The van der Waals surface area contributed by atoms with E-state index in [9.17, 15) is 17.4 Å². The van der Waals surface area contributed by atoms with Crippen LogP contribution in [0.5, 0.6) is 0 Å². The van der Waals surface area contributed by atoms with Gasteiger partial charge in [0.25, 0.3) is 6.43 Å². The van der Waals surface area contributed by atoms with Gasteiger partial charge >= 0.3 is 0 Å². The summed E-state index contributed by atoms with van der Waals surface area (Å²) in [5, 5.41) is 0. The van der Waals surface area contributed by atoms with Crippen LogP contribution in [0.2, 0.25) is 0 Å². The van der Waals surface area contributed by atoms with Gasteiger partial charge in [-0.05, 0) is 53.5 Å². The third-order valence-corrected chi connectivity index (χ3v) is 6.81. The quantitative estimate of drug-likeness (QED) is 0.276. The summed E-state index contributed by atoms with van der Waals surface area (Å²) in [6.45, 7) is 16.5. The molecule has 0 bridgehead atoms. The number of anilines is 1. The summed E-state index contributed by atoms with van der Waals surface area (Å²) in [6, 6.07) is 10.3. The summed E-state index contributed by atoms with van der Waals surface area (Å²) >= 11 is 0. The van der Waals surface area contributed by atoms with Gasteiger partial charge in [-0.2, -0.15) is 0 Å². The minimum atomic E-state index is -2.66. The minimum Gasteiger partial charge on any atom is -0.357 e. The fourth-order valence-corrected chi connectivity index (χ4v) is 4.59. The summed E-state index contributed by atoms with van der Waals surface area (Å²) in [7, 11) is -0.867. The van der Waals surface area contributed by atoms with E-state index < -0.39 is 28.9 Å². The van der Waals surface area contributed by atoms with Crippen molar-refractivity contribution in [1.82, 2.24) is 4.90 Å². The van der Waals surface area contributed by atoms with E-state index in [0.717, 1.165) is 0 Å². The molecule has 1 aliphatic heterocycles. The SMILES string of the molecule is C=C(CC(=C)C(F)F)c1ccc(CN(C(=C)N2CCS(=O)CC2)c2ccc(F)cc2)c(F)c1.CC. The lowest BCUT2D eigenvalue weighted by Crippen LogP contribution is -2.42. The second-order valence-corrected chi connectivity index (χ2v) is 9.56. The molecule has 1 aliphatic rings. The number of nitrogens with zero attached hydrogens (tertiary/aromatic N) is 2. The second-order valence-electron chi connectivity index (χ2n) is 7.86. The van der Waals surface area contributed by atoms with Gasteiger partial charge in [-0.3, -0.25) is 4.21 Å². The highest BCUT2D eigenvalue weighted by atomic mass is 32.2. The van der Waals surface area contributed by atoms with Crippen LogP contribution in [0.1, 0.15) is 31.4 Å². The van der Waals surface area contributed by atoms with E-state index in [1.165, 1.54) is 18.2 Å². The van der Waals surface area contributed by atoms with Crippen LogP contribution in [-0.4, -0.2) is 40.1 Å². The highest BCUT2D eigenvalue weighted by molar-refractivity contribution is 7.85. The van der Waals surface area contributed by atoms with Crippen LogP contribution in [0.3, 0.4) is 0 Å². The maximum atomic E-state index is 15.0. The topological polar surface area (TPSA) is 23.6 Å². The van der Waals surface area contributed by atoms with E-state index in [4.69, 9.17) is 0 Å². The molecule has 0 radical (unpaired) electrons. The molecular weight excluding hydrogens is 476 g/mol. The maximum absolute atomic E-state index is 15.0. The molecule has 1 heterocycles. The monoisotopic (exact) mass is 508 g/mol. The molecular formula is C27H32F4N2OS. The van der Waals surface area contributed by atoms with E-state index in [-0.39, 0.29) is 18.5 Å². The Labute approximate surface area is 207 Å². The van der Waals surface area contributed by atoms with Gasteiger partial charge in [0.2, 0.25) is 0 Å². The highest BCUT2D eigenvalue weighted by Gasteiger charge is 2.23. The Bertz CT molecular complexity index is 1060. The summed E-state index contributed by atoms with van der Waals surface area (Å²) < 4.78 is 65.8. The fourth-order valence-electron chi connectivity index (χ4n) is 3.54. The maximum Gasteiger partial charge on any atom is 0.259 e. The number of allylic oxidation sites excluding steroid dienone is 2. The summed E-state index contributed by atoms with van der Waals surface area (Å²) in [5.41, 5.74) is 1.49. The van der Waals surface area contributed by atoms with Gasteiger partial charge in [0.05, 0.1) is 6.54 Å². The molecule has 2 aromatic rings. The van der Waals surface area contributed by atoms with Crippen LogP contribution < -0.4 is 4.90 Å². The van der Waals surface area contributed by atoms with Crippen molar-refractivity contribution in [3.63, 3.8) is 0 Å². The Morgan fingerprint density at radius 3 is 2.17 bits per heavy atom. The van der Waals surface area contributed by atoms with E-state index in [1.54, 1.807) is 29.2 Å². The van der Waals surface area contributed by atoms with E-state index in [2.05, 4.69) is 19.7 Å². The smallest absolute Gasteiger partial charge is 0.259 e. The standard InChI is InChI=1S/C25H26F4N2OS.C2H6/c1-17(14-18(2)25(28)29)20-4-5-21(24(27)15-20)16-31(23-8-6-22(26)7-9-23)19(3)30-10-12-33(32)13-11-30;1-2/h4-9,15,25H,1-3,10-14,16H2;1-2H3. The van der Waals surface area contributed by atoms with E-state index in [0.29, 0.717) is 52.8 Å². The molecule has 35 heavy (non-hydrogen) atoms. The zero-order valence-electron chi connectivity index (χ0n) is 20.2. The third kappa shape index (κ3) is 7.82. The molecule has 0 N–H and O–H groups in total. The molecule has 3 nitrogen and oxygen atoms in total. The van der Waals surface area contributed by atoms with Crippen molar-refractivity contribution >= 4 is 22.1 Å². The summed E-state index contributed by atoms with van der Waals surface area (Å²) in [6.07, 6.45) is -2.78. The Morgan fingerprint density at radius 1 is 1.03 bits per heavy atom. The minimum absolute atomic E-state index is 0.117. The average molecular weight is 509 g/mol. The number of rotatable bonds is 9. The number of alkyl halides is 2.